The maximum Gasteiger partial charge on any atom is 0.237 e. The van der Waals surface area contributed by atoms with Gasteiger partial charge in [-0.3, -0.25) is 4.79 Å². The van der Waals surface area contributed by atoms with Gasteiger partial charge in [0, 0.05) is 6.04 Å². The normalized spacial score (nSPS) is 14.6. The molecule has 0 aromatic carbocycles. The van der Waals surface area contributed by atoms with Crippen LogP contribution in [0.25, 0.3) is 0 Å². The molecule has 0 aromatic heterocycles. The molecule has 0 rings (SSSR count). The maximum atomic E-state index is 11.4. The van der Waals surface area contributed by atoms with Crippen LogP contribution in [-0.2, 0) is 4.79 Å². The van der Waals surface area contributed by atoms with Crippen molar-refractivity contribution in [2.75, 3.05) is 0 Å². The van der Waals surface area contributed by atoms with Gasteiger partial charge in [-0.15, -0.1) is 0 Å². The first kappa shape index (κ1) is 12.9. The molecule has 14 heavy (non-hydrogen) atoms. The topological polar surface area (TPSA) is 78.9 Å². The van der Waals surface area contributed by atoms with Crippen LogP contribution >= 0.6 is 0 Å². The van der Waals surface area contributed by atoms with Gasteiger partial charge < -0.3 is 11.1 Å². The fraction of sp³-hybridized carbons (Fsp3) is 0.800. The Morgan fingerprint density at radius 3 is 2.50 bits per heavy atom. The average molecular weight is 197 g/mol. The fourth-order valence-corrected chi connectivity index (χ4v) is 1.15. The Balaban J connectivity index is 3.90. The van der Waals surface area contributed by atoms with Gasteiger partial charge in [-0.05, 0) is 19.3 Å². The summed E-state index contributed by atoms with van der Waals surface area (Å²) in [4.78, 5) is 11.4. The summed E-state index contributed by atoms with van der Waals surface area (Å²) in [6, 6.07) is 1.42. The summed E-state index contributed by atoms with van der Waals surface area (Å²) in [5.41, 5.74) is 5.67. The Labute approximate surface area is 85.5 Å². The Bertz CT molecular complexity index is 220. The average Bonchev–Trinajstić information content (AvgIpc) is 2.02. The van der Waals surface area contributed by atoms with Crippen LogP contribution in [0.15, 0.2) is 0 Å². The molecular formula is C10H19N3O. The molecule has 4 heteroatoms. The summed E-state index contributed by atoms with van der Waals surface area (Å²) in [5.74, 6) is 0.239. The molecule has 0 aliphatic heterocycles. The monoisotopic (exact) mass is 197 g/mol. The summed E-state index contributed by atoms with van der Waals surface area (Å²) < 4.78 is 0. The zero-order valence-electron chi connectivity index (χ0n) is 9.08. The summed E-state index contributed by atoms with van der Waals surface area (Å²) in [6.45, 7) is 5.83. The lowest BCUT2D eigenvalue weighted by Crippen LogP contribution is -2.44. The van der Waals surface area contributed by atoms with Crippen LogP contribution in [0, 0.1) is 17.2 Å². The first-order chi connectivity index (χ1) is 6.47. The van der Waals surface area contributed by atoms with Gasteiger partial charge in [-0.25, -0.2) is 0 Å². The molecule has 0 saturated heterocycles. The molecule has 3 N–H and O–H groups in total. The maximum absolute atomic E-state index is 11.4. The van der Waals surface area contributed by atoms with Crippen LogP contribution in [0.3, 0.4) is 0 Å². The largest absolute Gasteiger partial charge is 0.351 e. The molecule has 0 aliphatic carbocycles. The molecule has 0 bridgehead atoms. The second-order valence-electron chi connectivity index (χ2n) is 4.01. The van der Waals surface area contributed by atoms with Gasteiger partial charge in [-0.2, -0.15) is 5.26 Å². The van der Waals surface area contributed by atoms with Crippen LogP contribution in [0.1, 0.15) is 33.6 Å². The zero-order chi connectivity index (χ0) is 11.1. The van der Waals surface area contributed by atoms with E-state index in [4.69, 9.17) is 11.0 Å². The van der Waals surface area contributed by atoms with Crippen molar-refractivity contribution in [3.05, 3.63) is 0 Å². The summed E-state index contributed by atoms with van der Waals surface area (Å²) in [7, 11) is 0. The minimum atomic E-state index is -0.462. The number of nitrogens with zero attached hydrogens (tertiary/aromatic N) is 1. The third-order valence-electron chi connectivity index (χ3n) is 1.85. The number of hydrogen-bond acceptors (Lipinski definition) is 3. The van der Waals surface area contributed by atoms with Crippen molar-refractivity contribution in [1.29, 1.82) is 5.26 Å². The third-order valence-corrected chi connectivity index (χ3v) is 1.85. The molecule has 0 spiro atoms. The predicted octanol–water partition coefficient (Wildman–Crippen LogP) is 0.778. The van der Waals surface area contributed by atoms with E-state index in [2.05, 4.69) is 5.32 Å². The van der Waals surface area contributed by atoms with E-state index in [9.17, 15) is 4.79 Å². The van der Waals surface area contributed by atoms with Gasteiger partial charge in [0.25, 0.3) is 0 Å². The van der Waals surface area contributed by atoms with Crippen LogP contribution in [0.5, 0.6) is 0 Å². The number of carbonyl (C=O) groups is 1. The second kappa shape index (κ2) is 6.39. The Kier molecular flexibility index (Phi) is 5.89. The summed E-state index contributed by atoms with van der Waals surface area (Å²) >= 11 is 0. The summed E-state index contributed by atoms with van der Waals surface area (Å²) in [5, 5.41) is 11.1. The van der Waals surface area contributed by atoms with Crippen molar-refractivity contribution in [3.8, 4) is 6.07 Å². The van der Waals surface area contributed by atoms with Crippen LogP contribution < -0.4 is 11.1 Å². The van der Waals surface area contributed by atoms with E-state index in [1.807, 2.05) is 19.9 Å². The zero-order valence-corrected chi connectivity index (χ0v) is 9.08. The van der Waals surface area contributed by atoms with Crippen molar-refractivity contribution in [3.63, 3.8) is 0 Å². The van der Waals surface area contributed by atoms with Crippen LogP contribution in [0.4, 0.5) is 0 Å². The van der Waals surface area contributed by atoms with E-state index in [0.29, 0.717) is 18.8 Å². The SMILES string of the molecule is CC(C)CC(N)C(=O)NC(C)CC#N. The number of carbonyl (C=O) groups excluding carboxylic acids is 1. The standard InChI is InChI=1S/C10H19N3O/c1-7(2)6-9(12)10(14)13-8(3)4-5-11/h7-9H,4,6,12H2,1-3H3,(H,13,14). The lowest BCUT2D eigenvalue weighted by molar-refractivity contribution is -0.123. The number of hydrogen-bond donors (Lipinski definition) is 2. The smallest absolute Gasteiger partial charge is 0.237 e. The first-order valence-corrected chi connectivity index (χ1v) is 4.90. The minimum Gasteiger partial charge on any atom is -0.351 e. The van der Waals surface area contributed by atoms with Gasteiger partial charge in [0.05, 0.1) is 18.5 Å². The molecule has 0 radical (unpaired) electrons. The van der Waals surface area contributed by atoms with Crippen molar-refractivity contribution in [1.82, 2.24) is 5.32 Å². The van der Waals surface area contributed by atoms with E-state index in [0.717, 1.165) is 0 Å². The Morgan fingerprint density at radius 2 is 2.07 bits per heavy atom. The van der Waals surface area contributed by atoms with Crippen molar-refractivity contribution in [2.45, 2.75) is 45.7 Å². The van der Waals surface area contributed by atoms with E-state index in [1.54, 1.807) is 6.92 Å². The van der Waals surface area contributed by atoms with Crippen LogP contribution in [0.2, 0.25) is 0 Å². The number of amides is 1. The van der Waals surface area contributed by atoms with Gasteiger partial charge in [-0.1, -0.05) is 13.8 Å². The van der Waals surface area contributed by atoms with Crippen molar-refractivity contribution >= 4 is 5.91 Å². The lowest BCUT2D eigenvalue weighted by Gasteiger charge is -2.16. The molecule has 0 heterocycles. The lowest BCUT2D eigenvalue weighted by atomic mass is 10.0. The van der Waals surface area contributed by atoms with Gasteiger partial charge in [0.1, 0.15) is 0 Å². The quantitative estimate of drug-likeness (QED) is 0.683. The molecule has 0 fully saturated rings. The molecule has 1 amide bonds. The number of nitrogens with one attached hydrogen (secondary N) is 1. The fourth-order valence-electron chi connectivity index (χ4n) is 1.15. The highest BCUT2D eigenvalue weighted by Crippen LogP contribution is 2.03. The van der Waals surface area contributed by atoms with Crippen molar-refractivity contribution < 1.29 is 4.79 Å². The van der Waals surface area contributed by atoms with E-state index in [-0.39, 0.29) is 11.9 Å². The third kappa shape index (κ3) is 5.55. The predicted molar refractivity (Wildman–Crippen MR) is 55.3 cm³/mol. The molecule has 80 valence electrons. The highest BCUT2D eigenvalue weighted by atomic mass is 16.2. The highest BCUT2D eigenvalue weighted by molar-refractivity contribution is 5.81. The van der Waals surface area contributed by atoms with Gasteiger partial charge in [0.2, 0.25) is 5.91 Å². The van der Waals surface area contributed by atoms with E-state index >= 15 is 0 Å². The Morgan fingerprint density at radius 1 is 1.50 bits per heavy atom. The molecule has 0 saturated carbocycles. The molecule has 0 aliphatic rings. The number of rotatable bonds is 5. The Hall–Kier alpha value is -1.08. The number of nitriles is 1. The molecule has 4 nitrogen and oxygen atoms in total. The van der Waals surface area contributed by atoms with Gasteiger partial charge >= 0.3 is 0 Å². The van der Waals surface area contributed by atoms with Crippen molar-refractivity contribution in [2.24, 2.45) is 11.7 Å². The number of nitrogens with two attached hydrogens (primary N) is 1. The molecule has 0 aromatic rings. The molecular weight excluding hydrogens is 178 g/mol. The summed E-state index contributed by atoms with van der Waals surface area (Å²) in [6.07, 6.45) is 0.991. The van der Waals surface area contributed by atoms with Gasteiger partial charge in [0.15, 0.2) is 0 Å². The highest BCUT2D eigenvalue weighted by Gasteiger charge is 2.16. The minimum absolute atomic E-state index is 0.120. The first-order valence-electron chi connectivity index (χ1n) is 4.90. The van der Waals surface area contributed by atoms with E-state index in [1.165, 1.54) is 0 Å². The van der Waals surface area contributed by atoms with Crippen LogP contribution in [-0.4, -0.2) is 18.0 Å². The molecule has 2 unspecified atom stereocenters. The molecule has 2 atom stereocenters. The second-order valence-corrected chi connectivity index (χ2v) is 4.01. The van der Waals surface area contributed by atoms with E-state index < -0.39 is 6.04 Å².